The monoisotopic (exact) mass is 190 g/mol. The molecule has 14 heavy (non-hydrogen) atoms. The van der Waals surface area contributed by atoms with Crippen LogP contribution in [0.25, 0.3) is 0 Å². The predicted octanol–water partition coefficient (Wildman–Crippen LogP) is 1.73. The van der Waals surface area contributed by atoms with Crippen LogP contribution in [0.15, 0.2) is 30.3 Å². The van der Waals surface area contributed by atoms with E-state index in [1.54, 1.807) is 0 Å². The first-order chi connectivity index (χ1) is 6.86. The minimum atomic E-state index is 0.820. The Morgan fingerprint density at radius 1 is 1.36 bits per heavy atom. The minimum absolute atomic E-state index is 0.820. The fraction of sp³-hybridized carbons (Fsp3) is 0.500. The van der Waals surface area contributed by atoms with Gasteiger partial charge in [0.1, 0.15) is 0 Å². The topological polar surface area (TPSA) is 15.3 Å². The largest absolute Gasteiger partial charge is 0.374 e. The average molecular weight is 190 g/mol. The van der Waals surface area contributed by atoms with Crippen LogP contribution in [0, 0.1) is 5.92 Å². The van der Waals surface area contributed by atoms with E-state index in [1.165, 1.54) is 25.2 Å². The van der Waals surface area contributed by atoms with E-state index in [4.69, 9.17) is 0 Å². The van der Waals surface area contributed by atoms with Crippen LogP contribution in [-0.4, -0.2) is 26.7 Å². The Morgan fingerprint density at radius 3 is 2.79 bits per heavy atom. The maximum absolute atomic E-state index is 3.40. The Kier molecular flexibility index (Phi) is 3.04. The summed E-state index contributed by atoms with van der Waals surface area (Å²) in [5.41, 5.74) is 1.32. The Morgan fingerprint density at radius 2 is 2.14 bits per heavy atom. The van der Waals surface area contributed by atoms with Gasteiger partial charge in [-0.25, -0.2) is 0 Å². The molecule has 0 aliphatic carbocycles. The van der Waals surface area contributed by atoms with Crippen molar-refractivity contribution >= 4 is 5.69 Å². The Bertz CT molecular complexity index is 265. The first-order valence-electron chi connectivity index (χ1n) is 5.33. The van der Waals surface area contributed by atoms with Gasteiger partial charge in [-0.2, -0.15) is 0 Å². The molecule has 0 aromatic heterocycles. The predicted molar refractivity (Wildman–Crippen MR) is 60.7 cm³/mol. The van der Waals surface area contributed by atoms with E-state index in [1.807, 2.05) is 0 Å². The average Bonchev–Trinajstić information content (AvgIpc) is 2.72. The molecule has 0 bridgehead atoms. The zero-order chi connectivity index (χ0) is 9.80. The molecule has 1 unspecified atom stereocenters. The van der Waals surface area contributed by atoms with Crippen molar-refractivity contribution in [3.8, 4) is 0 Å². The molecule has 1 atom stereocenters. The van der Waals surface area contributed by atoms with E-state index < -0.39 is 0 Å². The summed E-state index contributed by atoms with van der Waals surface area (Å²) in [6.07, 6.45) is 1.32. The highest BCUT2D eigenvalue weighted by molar-refractivity contribution is 5.44. The summed E-state index contributed by atoms with van der Waals surface area (Å²) in [5.74, 6) is 0.820. The third-order valence-corrected chi connectivity index (χ3v) is 2.89. The molecule has 1 aliphatic heterocycles. The summed E-state index contributed by atoms with van der Waals surface area (Å²) in [5, 5.41) is 3.40. The third kappa shape index (κ3) is 2.26. The van der Waals surface area contributed by atoms with Crippen molar-refractivity contribution in [3.63, 3.8) is 0 Å². The second-order valence-electron chi connectivity index (χ2n) is 4.07. The number of anilines is 1. The zero-order valence-corrected chi connectivity index (χ0v) is 8.74. The minimum Gasteiger partial charge on any atom is -0.374 e. The lowest BCUT2D eigenvalue weighted by molar-refractivity contribution is 0.578. The van der Waals surface area contributed by atoms with Crippen molar-refractivity contribution in [2.24, 2.45) is 5.92 Å². The van der Waals surface area contributed by atoms with E-state index >= 15 is 0 Å². The van der Waals surface area contributed by atoms with Crippen molar-refractivity contribution in [1.29, 1.82) is 0 Å². The van der Waals surface area contributed by atoms with E-state index in [2.05, 4.69) is 47.6 Å². The Balaban J connectivity index is 1.92. The number of hydrogen-bond donors (Lipinski definition) is 1. The van der Waals surface area contributed by atoms with Gasteiger partial charge in [0.15, 0.2) is 0 Å². The second kappa shape index (κ2) is 4.47. The quantitative estimate of drug-likeness (QED) is 0.781. The molecule has 76 valence electrons. The Labute approximate surface area is 85.9 Å². The smallest absolute Gasteiger partial charge is 0.0363 e. The maximum Gasteiger partial charge on any atom is 0.0363 e. The van der Waals surface area contributed by atoms with Gasteiger partial charge in [-0.05, 0) is 37.6 Å². The van der Waals surface area contributed by atoms with Crippen LogP contribution in [0.2, 0.25) is 0 Å². The first kappa shape index (κ1) is 9.53. The van der Waals surface area contributed by atoms with Gasteiger partial charge in [-0.15, -0.1) is 0 Å². The summed E-state index contributed by atoms with van der Waals surface area (Å²) >= 11 is 0. The molecule has 1 aliphatic rings. The standard InChI is InChI=1S/C12H18N2/c1-14(10-11-7-8-13-9-11)12-5-3-2-4-6-12/h2-6,11,13H,7-10H2,1H3. The molecule has 0 saturated carbocycles. The molecular formula is C12H18N2. The lowest BCUT2D eigenvalue weighted by Gasteiger charge is -2.22. The molecule has 1 aromatic rings. The molecular weight excluding hydrogens is 172 g/mol. The number of nitrogens with one attached hydrogen (secondary N) is 1. The van der Waals surface area contributed by atoms with Gasteiger partial charge in [0, 0.05) is 19.3 Å². The summed E-state index contributed by atoms with van der Waals surface area (Å²) in [6.45, 7) is 3.53. The van der Waals surface area contributed by atoms with Gasteiger partial charge in [0.2, 0.25) is 0 Å². The third-order valence-electron chi connectivity index (χ3n) is 2.89. The van der Waals surface area contributed by atoms with Gasteiger partial charge in [-0.1, -0.05) is 18.2 Å². The molecule has 2 rings (SSSR count). The van der Waals surface area contributed by atoms with Gasteiger partial charge < -0.3 is 10.2 Å². The van der Waals surface area contributed by atoms with Crippen LogP contribution in [0.5, 0.6) is 0 Å². The van der Waals surface area contributed by atoms with Gasteiger partial charge >= 0.3 is 0 Å². The van der Waals surface area contributed by atoms with Gasteiger partial charge in [0.25, 0.3) is 0 Å². The molecule has 0 radical (unpaired) electrons. The zero-order valence-electron chi connectivity index (χ0n) is 8.74. The van der Waals surface area contributed by atoms with Crippen molar-refractivity contribution in [2.75, 3.05) is 31.6 Å². The maximum atomic E-state index is 3.40. The lowest BCUT2D eigenvalue weighted by atomic mass is 10.1. The van der Waals surface area contributed by atoms with Crippen LogP contribution < -0.4 is 10.2 Å². The normalized spacial score (nSPS) is 21.1. The number of hydrogen-bond acceptors (Lipinski definition) is 2. The molecule has 0 spiro atoms. The molecule has 1 N–H and O–H groups in total. The van der Waals surface area contributed by atoms with Crippen molar-refractivity contribution in [1.82, 2.24) is 5.32 Å². The van der Waals surface area contributed by atoms with E-state index in [-0.39, 0.29) is 0 Å². The summed E-state index contributed by atoms with van der Waals surface area (Å²) < 4.78 is 0. The van der Waals surface area contributed by atoms with Crippen LogP contribution in [0.3, 0.4) is 0 Å². The number of nitrogens with zero attached hydrogens (tertiary/aromatic N) is 1. The highest BCUT2D eigenvalue weighted by Crippen LogP contribution is 2.15. The highest BCUT2D eigenvalue weighted by Gasteiger charge is 2.16. The highest BCUT2D eigenvalue weighted by atomic mass is 15.1. The van der Waals surface area contributed by atoms with E-state index in [0.717, 1.165) is 12.5 Å². The van der Waals surface area contributed by atoms with Crippen LogP contribution in [-0.2, 0) is 0 Å². The lowest BCUT2D eigenvalue weighted by Crippen LogP contribution is -2.26. The Hall–Kier alpha value is -1.02. The fourth-order valence-electron chi connectivity index (χ4n) is 2.05. The van der Waals surface area contributed by atoms with Crippen LogP contribution >= 0.6 is 0 Å². The van der Waals surface area contributed by atoms with Crippen LogP contribution in [0.4, 0.5) is 5.69 Å². The molecule has 2 heteroatoms. The summed E-state index contributed by atoms with van der Waals surface area (Å²) in [7, 11) is 2.17. The van der Waals surface area contributed by atoms with Gasteiger partial charge in [0.05, 0.1) is 0 Å². The molecule has 1 saturated heterocycles. The van der Waals surface area contributed by atoms with E-state index in [9.17, 15) is 0 Å². The van der Waals surface area contributed by atoms with Crippen LogP contribution in [0.1, 0.15) is 6.42 Å². The van der Waals surface area contributed by atoms with Crippen molar-refractivity contribution in [3.05, 3.63) is 30.3 Å². The van der Waals surface area contributed by atoms with Gasteiger partial charge in [-0.3, -0.25) is 0 Å². The van der Waals surface area contributed by atoms with Crippen molar-refractivity contribution < 1.29 is 0 Å². The van der Waals surface area contributed by atoms with Crippen molar-refractivity contribution in [2.45, 2.75) is 6.42 Å². The molecule has 1 aromatic carbocycles. The summed E-state index contributed by atoms with van der Waals surface area (Å²) in [4.78, 5) is 2.34. The number of benzene rings is 1. The molecule has 1 heterocycles. The van der Waals surface area contributed by atoms with E-state index in [0.29, 0.717) is 0 Å². The fourth-order valence-corrected chi connectivity index (χ4v) is 2.05. The molecule has 1 fully saturated rings. The number of rotatable bonds is 3. The SMILES string of the molecule is CN(CC1CCNC1)c1ccccc1. The molecule has 0 amide bonds. The second-order valence-corrected chi connectivity index (χ2v) is 4.07. The number of para-hydroxylation sites is 1. The first-order valence-corrected chi connectivity index (χ1v) is 5.33. The molecule has 2 nitrogen and oxygen atoms in total. The summed E-state index contributed by atoms with van der Waals surface area (Å²) in [6, 6.07) is 10.6.